The SMILES string of the molecule is Cc1c(=O)n(-c2c(F)cccc2F)n2ccc(Nc3ccc(F)cc3F)nc12. The first-order chi connectivity index (χ1) is 13.4. The van der Waals surface area contributed by atoms with Crippen LogP contribution in [0.1, 0.15) is 5.56 Å². The topological polar surface area (TPSA) is 51.3 Å². The third-order valence-electron chi connectivity index (χ3n) is 4.22. The molecule has 0 radical (unpaired) electrons. The lowest BCUT2D eigenvalue weighted by Crippen LogP contribution is -2.21. The van der Waals surface area contributed by atoms with Crippen molar-refractivity contribution in [2.75, 3.05) is 5.32 Å². The molecule has 1 N–H and O–H groups in total. The highest BCUT2D eigenvalue weighted by Gasteiger charge is 2.20. The predicted molar refractivity (Wildman–Crippen MR) is 95.1 cm³/mol. The molecule has 0 saturated heterocycles. The molecular formula is C19H12F4N4O. The van der Waals surface area contributed by atoms with Crippen molar-refractivity contribution in [1.82, 2.24) is 14.2 Å². The van der Waals surface area contributed by atoms with Crippen LogP contribution in [0, 0.1) is 30.2 Å². The number of aromatic nitrogens is 3. The van der Waals surface area contributed by atoms with E-state index in [-0.39, 0.29) is 22.7 Å². The van der Waals surface area contributed by atoms with Crippen molar-refractivity contribution in [3.63, 3.8) is 0 Å². The fourth-order valence-electron chi connectivity index (χ4n) is 2.88. The second kappa shape index (κ2) is 6.52. The first-order valence-corrected chi connectivity index (χ1v) is 8.14. The lowest BCUT2D eigenvalue weighted by atomic mass is 10.3. The largest absolute Gasteiger partial charge is 0.338 e. The van der Waals surface area contributed by atoms with Crippen molar-refractivity contribution in [3.8, 4) is 5.69 Å². The number of para-hydroxylation sites is 1. The molecule has 0 spiro atoms. The van der Waals surface area contributed by atoms with Crippen LogP contribution in [0.4, 0.5) is 29.1 Å². The second-order valence-corrected chi connectivity index (χ2v) is 6.04. The third kappa shape index (κ3) is 2.81. The second-order valence-electron chi connectivity index (χ2n) is 6.04. The zero-order chi connectivity index (χ0) is 20.0. The molecule has 0 atom stereocenters. The van der Waals surface area contributed by atoms with Crippen molar-refractivity contribution in [1.29, 1.82) is 0 Å². The summed E-state index contributed by atoms with van der Waals surface area (Å²) in [5.74, 6) is -3.19. The number of nitrogens with one attached hydrogen (secondary N) is 1. The monoisotopic (exact) mass is 388 g/mol. The Morgan fingerprint density at radius 2 is 1.68 bits per heavy atom. The van der Waals surface area contributed by atoms with Crippen molar-refractivity contribution >= 4 is 17.2 Å². The Bertz CT molecular complexity index is 1260. The highest BCUT2D eigenvalue weighted by Crippen LogP contribution is 2.22. The van der Waals surface area contributed by atoms with Gasteiger partial charge in [0.25, 0.3) is 5.56 Å². The van der Waals surface area contributed by atoms with E-state index in [2.05, 4.69) is 10.3 Å². The van der Waals surface area contributed by atoms with Gasteiger partial charge in [-0.05, 0) is 37.3 Å². The van der Waals surface area contributed by atoms with E-state index in [4.69, 9.17) is 0 Å². The average molecular weight is 388 g/mol. The number of hydrogen-bond acceptors (Lipinski definition) is 3. The van der Waals surface area contributed by atoms with Crippen LogP contribution in [0.25, 0.3) is 11.3 Å². The number of rotatable bonds is 3. The molecule has 2 aromatic heterocycles. The van der Waals surface area contributed by atoms with Gasteiger partial charge in [0.05, 0.1) is 11.3 Å². The van der Waals surface area contributed by atoms with Crippen LogP contribution < -0.4 is 10.9 Å². The molecule has 0 unspecified atom stereocenters. The minimum absolute atomic E-state index is 0.0159. The third-order valence-corrected chi connectivity index (χ3v) is 4.22. The number of benzene rings is 2. The quantitative estimate of drug-likeness (QED) is 0.538. The number of halogens is 4. The van der Waals surface area contributed by atoms with Gasteiger partial charge in [0.1, 0.15) is 23.1 Å². The van der Waals surface area contributed by atoms with Crippen LogP contribution >= 0.6 is 0 Å². The number of aryl methyl sites for hydroxylation is 1. The molecule has 0 bridgehead atoms. The Balaban J connectivity index is 1.86. The number of fused-ring (bicyclic) bond motifs is 1. The molecule has 2 heterocycles. The normalized spacial score (nSPS) is 11.2. The smallest absolute Gasteiger partial charge is 0.277 e. The zero-order valence-electron chi connectivity index (χ0n) is 14.4. The fraction of sp³-hybridized carbons (Fsp3) is 0.0526. The fourth-order valence-corrected chi connectivity index (χ4v) is 2.88. The summed E-state index contributed by atoms with van der Waals surface area (Å²) in [5, 5.41) is 2.68. The molecule has 2 aromatic carbocycles. The lowest BCUT2D eigenvalue weighted by Gasteiger charge is -2.10. The molecule has 0 aliphatic rings. The van der Waals surface area contributed by atoms with Gasteiger partial charge < -0.3 is 5.32 Å². The lowest BCUT2D eigenvalue weighted by molar-refractivity contribution is 0.550. The molecule has 5 nitrogen and oxygen atoms in total. The molecule has 0 saturated carbocycles. The summed E-state index contributed by atoms with van der Waals surface area (Å²) in [6, 6.07) is 7.67. The van der Waals surface area contributed by atoms with E-state index < -0.39 is 34.5 Å². The summed E-state index contributed by atoms with van der Waals surface area (Å²) < 4.78 is 57.3. The van der Waals surface area contributed by atoms with Gasteiger partial charge in [0.2, 0.25) is 0 Å². The van der Waals surface area contributed by atoms with Crippen LogP contribution in [0.15, 0.2) is 53.5 Å². The van der Waals surface area contributed by atoms with E-state index >= 15 is 0 Å². The summed E-state index contributed by atoms with van der Waals surface area (Å²) in [6.45, 7) is 1.46. The molecule has 0 fully saturated rings. The highest BCUT2D eigenvalue weighted by molar-refractivity contribution is 5.60. The number of hydrogen-bond donors (Lipinski definition) is 1. The van der Waals surface area contributed by atoms with Crippen LogP contribution in [0.2, 0.25) is 0 Å². The Hall–Kier alpha value is -3.62. The number of anilines is 2. The molecule has 4 rings (SSSR count). The van der Waals surface area contributed by atoms with Gasteiger partial charge in [-0.25, -0.2) is 31.7 Å². The summed E-state index contributed by atoms with van der Waals surface area (Å²) in [7, 11) is 0. The highest BCUT2D eigenvalue weighted by atomic mass is 19.1. The van der Waals surface area contributed by atoms with E-state index in [1.165, 1.54) is 35.8 Å². The van der Waals surface area contributed by atoms with E-state index in [9.17, 15) is 22.4 Å². The van der Waals surface area contributed by atoms with Crippen LogP contribution in [-0.4, -0.2) is 14.2 Å². The van der Waals surface area contributed by atoms with Gasteiger partial charge in [-0.1, -0.05) is 6.07 Å². The van der Waals surface area contributed by atoms with E-state index in [1.54, 1.807) is 0 Å². The molecule has 0 aliphatic heterocycles. The Labute approximate surface area is 155 Å². The van der Waals surface area contributed by atoms with Gasteiger partial charge in [0, 0.05) is 12.3 Å². The van der Waals surface area contributed by atoms with Gasteiger partial charge >= 0.3 is 0 Å². The van der Waals surface area contributed by atoms with Crippen LogP contribution in [-0.2, 0) is 0 Å². The summed E-state index contributed by atoms with van der Waals surface area (Å²) in [6.07, 6.45) is 1.37. The molecule has 0 amide bonds. The molecule has 142 valence electrons. The maximum Gasteiger partial charge on any atom is 0.277 e. The summed E-state index contributed by atoms with van der Waals surface area (Å²) in [4.78, 5) is 16.8. The minimum atomic E-state index is -0.905. The molecule has 0 aliphatic carbocycles. The van der Waals surface area contributed by atoms with Crippen molar-refractivity contribution < 1.29 is 17.6 Å². The van der Waals surface area contributed by atoms with Crippen LogP contribution in [0.5, 0.6) is 0 Å². The molecule has 9 heteroatoms. The first-order valence-electron chi connectivity index (χ1n) is 8.14. The standard InChI is InChI=1S/C19H12F4N4O/c1-10-18-25-16(24-15-6-5-11(20)9-14(15)23)7-8-26(18)27(19(10)28)17-12(21)3-2-4-13(17)22/h2-9H,1H3,(H,24,25). The molecule has 28 heavy (non-hydrogen) atoms. The maximum atomic E-state index is 14.2. The van der Waals surface area contributed by atoms with Crippen molar-refractivity contribution in [2.45, 2.75) is 6.92 Å². The number of nitrogens with zero attached hydrogens (tertiary/aromatic N) is 3. The minimum Gasteiger partial charge on any atom is -0.338 e. The maximum absolute atomic E-state index is 14.2. The Morgan fingerprint density at radius 3 is 2.36 bits per heavy atom. The first kappa shape index (κ1) is 17.8. The summed E-state index contributed by atoms with van der Waals surface area (Å²) >= 11 is 0. The van der Waals surface area contributed by atoms with Crippen LogP contribution in [0.3, 0.4) is 0 Å². The average Bonchev–Trinajstić information content (AvgIpc) is 2.89. The van der Waals surface area contributed by atoms with E-state index in [0.717, 1.165) is 22.9 Å². The van der Waals surface area contributed by atoms with Gasteiger partial charge in [0.15, 0.2) is 17.3 Å². The van der Waals surface area contributed by atoms with Gasteiger partial charge in [-0.3, -0.25) is 4.79 Å². The van der Waals surface area contributed by atoms with E-state index in [0.29, 0.717) is 6.07 Å². The van der Waals surface area contributed by atoms with Gasteiger partial charge in [-0.2, -0.15) is 0 Å². The van der Waals surface area contributed by atoms with E-state index in [1.807, 2.05) is 0 Å². The predicted octanol–water partition coefficient (Wildman–Crippen LogP) is 4.09. The summed E-state index contributed by atoms with van der Waals surface area (Å²) in [5.41, 5.74) is -0.923. The van der Waals surface area contributed by atoms with Gasteiger partial charge in [-0.15, -0.1) is 0 Å². The van der Waals surface area contributed by atoms with Crippen molar-refractivity contribution in [3.05, 3.63) is 87.8 Å². The molecule has 4 aromatic rings. The zero-order valence-corrected chi connectivity index (χ0v) is 14.4. The van der Waals surface area contributed by atoms with Crippen molar-refractivity contribution in [2.24, 2.45) is 0 Å². The Morgan fingerprint density at radius 1 is 0.964 bits per heavy atom. The Kier molecular flexibility index (Phi) is 4.14. The molecular weight excluding hydrogens is 376 g/mol.